The highest BCUT2D eigenvalue weighted by atomic mass is 16.5. The molecule has 0 aliphatic carbocycles. The zero-order valence-electron chi connectivity index (χ0n) is 17.2. The Labute approximate surface area is 170 Å². The Morgan fingerprint density at radius 1 is 1.14 bits per heavy atom. The number of rotatable bonds is 7. The number of aromatic nitrogens is 1. The Kier molecular flexibility index (Phi) is 6.41. The van der Waals surface area contributed by atoms with Gasteiger partial charge in [-0.3, -0.25) is 9.59 Å². The zero-order chi connectivity index (χ0) is 21.0. The van der Waals surface area contributed by atoms with E-state index in [1.165, 1.54) is 6.07 Å². The van der Waals surface area contributed by atoms with Crippen LogP contribution in [-0.2, 0) is 4.79 Å². The lowest BCUT2D eigenvalue weighted by molar-refractivity contribution is -0.133. The van der Waals surface area contributed by atoms with Gasteiger partial charge in [-0.2, -0.15) is 0 Å². The van der Waals surface area contributed by atoms with Crippen molar-refractivity contribution < 1.29 is 23.6 Å². The molecule has 0 spiro atoms. The van der Waals surface area contributed by atoms with Crippen LogP contribution < -0.4 is 14.8 Å². The average molecular weight is 401 g/mol. The van der Waals surface area contributed by atoms with Crippen LogP contribution in [-0.4, -0.2) is 55.2 Å². The van der Waals surface area contributed by atoms with Crippen LogP contribution in [0.4, 0.5) is 0 Å². The van der Waals surface area contributed by atoms with E-state index in [0.29, 0.717) is 22.8 Å². The Morgan fingerprint density at radius 3 is 2.48 bits per heavy atom. The Bertz CT molecular complexity index is 871. The second-order valence-electron chi connectivity index (χ2n) is 7.37. The van der Waals surface area contributed by atoms with E-state index in [1.54, 1.807) is 37.3 Å². The van der Waals surface area contributed by atoms with Gasteiger partial charge >= 0.3 is 0 Å². The third kappa shape index (κ3) is 4.52. The molecule has 1 fully saturated rings. The van der Waals surface area contributed by atoms with Gasteiger partial charge in [0.15, 0.2) is 11.5 Å². The van der Waals surface area contributed by atoms with E-state index in [1.807, 2.05) is 13.8 Å². The molecule has 29 heavy (non-hydrogen) atoms. The van der Waals surface area contributed by atoms with Gasteiger partial charge in [0.2, 0.25) is 5.91 Å². The van der Waals surface area contributed by atoms with Gasteiger partial charge in [-0.25, -0.2) is 0 Å². The van der Waals surface area contributed by atoms with Crippen molar-refractivity contribution in [3.05, 3.63) is 30.0 Å². The summed E-state index contributed by atoms with van der Waals surface area (Å²) in [6, 6.07) is 6.20. The fraction of sp³-hybridized carbons (Fsp3) is 0.476. The fourth-order valence-electron chi connectivity index (χ4n) is 3.37. The molecule has 3 rings (SSSR count). The number of carbonyl (C=O) groups is 2. The summed E-state index contributed by atoms with van der Waals surface area (Å²) in [6.07, 6.45) is 2.00. The van der Waals surface area contributed by atoms with Gasteiger partial charge in [-0.05, 0) is 30.9 Å². The van der Waals surface area contributed by atoms with Crippen LogP contribution >= 0.6 is 0 Å². The van der Waals surface area contributed by atoms with E-state index in [4.69, 9.17) is 14.0 Å². The molecule has 0 saturated carbocycles. The van der Waals surface area contributed by atoms with Crippen molar-refractivity contribution in [3.8, 4) is 22.8 Å². The van der Waals surface area contributed by atoms with E-state index < -0.39 is 11.9 Å². The summed E-state index contributed by atoms with van der Waals surface area (Å²) >= 11 is 0. The molecule has 8 nitrogen and oxygen atoms in total. The number of ether oxygens (including phenoxy) is 2. The first kappa shape index (κ1) is 20.7. The van der Waals surface area contributed by atoms with Gasteiger partial charge < -0.3 is 24.2 Å². The molecule has 2 aromatic rings. The van der Waals surface area contributed by atoms with Crippen LogP contribution in [0.1, 0.15) is 37.2 Å². The Hall–Kier alpha value is -3.03. The van der Waals surface area contributed by atoms with Gasteiger partial charge in [-0.15, -0.1) is 0 Å². The second-order valence-corrected chi connectivity index (χ2v) is 7.37. The van der Waals surface area contributed by atoms with Crippen LogP contribution in [0.15, 0.2) is 28.8 Å². The van der Waals surface area contributed by atoms with E-state index in [0.717, 1.165) is 25.9 Å². The molecule has 156 valence electrons. The molecule has 8 heteroatoms. The van der Waals surface area contributed by atoms with Crippen LogP contribution in [0.25, 0.3) is 11.3 Å². The van der Waals surface area contributed by atoms with Crippen molar-refractivity contribution in [2.24, 2.45) is 5.92 Å². The van der Waals surface area contributed by atoms with Crippen LogP contribution in [0.3, 0.4) is 0 Å². The van der Waals surface area contributed by atoms with Gasteiger partial charge in [0.1, 0.15) is 17.5 Å². The van der Waals surface area contributed by atoms with Crippen LogP contribution in [0.5, 0.6) is 11.5 Å². The first-order chi connectivity index (χ1) is 13.9. The lowest BCUT2D eigenvalue weighted by Crippen LogP contribution is -2.50. The average Bonchev–Trinajstić information content (AvgIpc) is 3.42. The van der Waals surface area contributed by atoms with Crippen molar-refractivity contribution in [2.45, 2.75) is 32.7 Å². The molecule has 0 unspecified atom stereocenters. The van der Waals surface area contributed by atoms with Gasteiger partial charge in [-0.1, -0.05) is 19.0 Å². The van der Waals surface area contributed by atoms with Gasteiger partial charge in [0.25, 0.3) is 5.91 Å². The summed E-state index contributed by atoms with van der Waals surface area (Å²) in [5, 5.41) is 6.70. The predicted octanol–water partition coefficient (Wildman–Crippen LogP) is 2.74. The first-order valence-electron chi connectivity index (χ1n) is 9.73. The number of hydrogen-bond donors (Lipinski definition) is 1. The third-order valence-electron chi connectivity index (χ3n) is 5.05. The molecule has 1 N–H and O–H groups in total. The van der Waals surface area contributed by atoms with E-state index in [2.05, 4.69) is 10.5 Å². The molecule has 1 saturated heterocycles. The Morgan fingerprint density at radius 2 is 1.86 bits per heavy atom. The molecule has 1 atom stereocenters. The number of likely N-dealkylation sites (tertiary alicyclic amines) is 1. The number of nitrogens with zero attached hydrogens (tertiary/aromatic N) is 2. The molecular weight excluding hydrogens is 374 g/mol. The molecule has 1 aromatic heterocycles. The predicted molar refractivity (Wildman–Crippen MR) is 107 cm³/mol. The van der Waals surface area contributed by atoms with Crippen molar-refractivity contribution >= 4 is 11.8 Å². The maximum atomic E-state index is 12.8. The number of methoxy groups -OCH3 is 2. The molecule has 0 bridgehead atoms. The summed E-state index contributed by atoms with van der Waals surface area (Å²) in [4.78, 5) is 27.3. The summed E-state index contributed by atoms with van der Waals surface area (Å²) < 4.78 is 15.9. The van der Waals surface area contributed by atoms with Crippen LogP contribution in [0.2, 0.25) is 0 Å². The summed E-state index contributed by atoms with van der Waals surface area (Å²) in [6.45, 7) is 5.30. The number of hydrogen-bond acceptors (Lipinski definition) is 6. The molecule has 2 heterocycles. The summed E-state index contributed by atoms with van der Waals surface area (Å²) in [5.74, 6) is 1.03. The van der Waals surface area contributed by atoms with E-state index in [9.17, 15) is 9.59 Å². The Balaban J connectivity index is 1.77. The quantitative estimate of drug-likeness (QED) is 0.767. The number of benzene rings is 1. The first-order valence-corrected chi connectivity index (χ1v) is 9.73. The minimum absolute atomic E-state index is 0.0416. The molecule has 1 aliphatic rings. The smallest absolute Gasteiger partial charge is 0.274 e. The van der Waals surface area contributed by atoms with Crippen LogP contribution in [0, 0.1) is 5.92 Å². The lowest BCUT2D eigenvalue weighted by Gasteiger charge is -2.26. The second kappa shape index (κ2) is 8.98. The SMILES string of the molecule is COc1ccc(-c2cc(C(=O)N[C@@H](C(=O)N3CCCC3)C(C)C)no2)c(OC)c1. The normalized spacial score (nSPS) is 14.7. The highest BCUT2D eigenvalue weighted by molar-refractivity contribution is 5.97. The lowest BCUT2D eigenvalue weighted by atomic mass is 10.0. The van der Waals surface area contributed by atoms with Gasteiger partial charge in [0.05, 0.1) is 19.8 Å². The van der Waals surface area contributed by atoms with E-state index >= 15 is 0 Å². The van der Waals surface area contributed by atoms with Crippen molar-refractivity contribution in [1.82, 2.24) is 15.4 Å². The molecule has 0 radical (unpaired) electrons. The van der Waals surface area contributed by atoms with Crippen molar-refractivity contribution in [1.29, 1.82) is 0 Å². The highest BCUT2D eigenvalue weighted by Crippen LogP contribution is 2.33. The molecule has 2 amide bonds. The molecular formula is C21H27N3O5. The number of carbonyl (C=O) groups excluding carboxylic acids is 2. The highest BCUT2D eigenvalue weighted by Gasteiger charge is 2.31. The van der Waals surface area contributed by atoms with Crippen molar-refractivity contribution in [3.63, 3.8) is 0 Å². The monoisotopic (exact) mass is 401 g/mol. The maximum Gasteiger partial charge on any atom is 0.274 e. The molecule has 1 aromatic carbocycles. The summed E-state index contributed by atoms with van der Waals surface area (Å²) in [7, 11) is 3.11. The standard InChI is InChI=1S/C21H27N3O5/c1-13(2)19(21(26)24-9-5-6-10-24)22-20(25)16-12-18(29-23-16)15-8-7-14(27-3)11-17(15)28-4/h7-8,11-13,19H,5-6,9-10H2,1-4H3,(H,22,25)/t19-/m1/s1. The topological polar surface area (TPSA) is 93.9 Å². The molecule has 1 aliphatic heterocycles. The van der Waals surface area contributed by atoms with Crippen molar-refractivity contribution in [2.75, 3.05) is 27.3 Å². The third-order valence-corrected chi connectivity index (χ3v) is 5.05. The minimum Gasteiger partial charge on any atom is -0.497 e. The van der Waals surface area contributed by atoms with Gasteiger partial charge in [0, 0.05) is 25.2 Å². The summed E-state index contributed by atoms with van der Waals surface area (Å²) in [5.41, 5.74) is 0.756. The van der Waals surface area contributed by atoms with E-state index in [-0.39, 0.29) is 17.5 Å². The fourth-order valence-corrected chi connectivity index (χ4v) is 3.37. The number of nitrogens with one attached hydrogen (secondary N) is 1. The maximum absolute atomic E-state index is 12.8. The number of amides is 2. The largest absolute Gasteiger partial charge is 0.497 e. The zero-order valence-corrected chi connectivity index (χ0v) is 17.2. The minimum atomic E-state index is -0.601.